The zero-order valence-corrected chi connectivity index (χ0v) is 13.4. The molecule has 0 saturated carbocycles. The Kier molecular flexibility index (Phi) is 5.11. The molecule has 0 spiro atoms. The van der Waals surface area contributed by atoms with Gasteiger partial charge in [-0.1, -0.05) is 18.2 Å². The van der Waals surface area contributed by atoms with Gasteiger partial charge in [0.2, 0.25) is 11.8 Å². The summed E-state index contributed by atoms with van der Waals surface area (Å²) in [7, 11) is 0. The molecule has 1 aromatic carbocycles. The van der Waals surface area contributed by atoms with Crippen molar-refractivity contribution in [2.24, 2.45) is 5.92 Å². The Morgan fingerprint density at radius 2 is 2.00 bits per heavy atom. The van der Waals surface area contributed by atoms with Gasteiger partial charge >= 0.3 is 0 Å². The highest BCUT2D eigenvalue weighted by atomic mass is 16.3. The van der Waals surface area contributed by atoms with Gasteiger partial charge in [0.15, 0.2) is 0 Å². The average molecular weight is 324 g/mol. The maximum Gasteiger partial charge on any atom is 0.246 e. The fourth-order valence-electron chi connectivity index (χ4n) is 2.80. The molecule has 1 aliphatic heterocycles. The number of furan rings is 1. The third-order valence-corrected chi connectivity index (χ3v) is 4.08. The molecule has 2 aromatic rings. The number of carbonyl (C=O) groups is 2. The minimum Gasteiger partial charge on any atom is -0.465 e. The van der Waals surface area contributed by atoms with Gasteiger partial charge in [-0.05, 0) is 43.2 Å². The third kappa shape index (κ3) is 4.13. The Labute approximate surface area is 141 Å². The molecule has 1 unspecified atom stereocenters. The highest BCUT2D eigenvalue weighted by Gasteiger charge is 2.27. The van der Waals surface area contributed by atoms with Gasteiger partial charge in [-0.15, -0.1) is 0 Å². The molecule has 24 heavy (non-hydrogen) atoms. The maximum absolute atomic E-state index is 12.4. The van der Waals surface area contributed by atoms with Crippen LogP contribution < -0.4 is 5.32 Å². The van der Waals surface area contributed by atoms with Crippen molar-refractivity contribution >= 4 is 23.6 Å². The zero-order chi connectivity index (χ0) is 16.8. The van der Waals surface area contributed by atoms with E-state index in [2.05, 4.69) is 5.32 Å². The molecule has 0 bridgehead atoms. The second-order valence-corrected chi connectivity index (χ2v) is 5.83. The lowest BCUT2D eigenvalue weighted by Crippen LogP contribution is -2.43. The molecule has 1 saturated heterocycles. The number of hydrogen-bond donors (Lipinski definition) is 1. The number of anilines is 1. The van der Waals surface area contributed by atoms with Crippen LogP contribution in [-0.2, 0) is 9.59 Å². The van der Waals surface area contributed by atoms with Gasteiger partial charge in [0, 0.05) is 24.9 Å². The normalized spacial score (nSPS) is 17.8. The predicted molar refractivity (Wildman–Crippen MR) is 92.1 cm³/mol. The van der Waals surface area contributed by atoms with Gasteiger partial charge in [-0.2, -0.15) is 0 Å². The van der Waals surface area contributed by atoms with Crippen molar-refractivity contribution < 1.29 is 14.0 Å². The summed E-state index contributed by atoms with van der Waals surface area (Å²) in [6.07, 6.45) is 6.33. The van der Waals surface area contributed by atoms with E-state index in [1.54, 1.807) is 29.4 Å². The van der Waals surface area contributed by atoms with E-state index in [1.165, 1.54) is 6.08 Å². The molecule has 3 rings (SSSR count). The zero-order valence-electron chi connectivity index (χ0n) is 13.4. The molecular weight excluding hydrogens is 304 g/mol. The molecule has 1 aromatic heterocycles. The van der Waals surface area contributed by atoms with Crippen molar-refractivity contribution in [3.63, 3.8) is 0 Å². The Balaban J connectivity index is 1.57. The Morgan fingerprint density at radius 3 is 2.75 bits per heavy atom. The van der Waals surface area contributed by atoms with Gasteiger partial charge in [0.1, 0.15) is 5.76 Å². The van der Waals surface area contributed by atoms with E-state index in [0.29, 0.717) is 18.8 Å². The number of para-hydroxylation sites is 1. The monoisotopic (exact) mass is 324 g/mol. The fraction of sp³-hybridized carbons (Fsp3) is 0.263. The first-order valence-corrected chi connectivity index (χ1v) is 8.09. The van der Waals surface area contributed by atoms with Crippen LogP contribution in [0.1, 0.15) is 18.6 Å². The van der Waals surface area contributed by atoms with Crippen molar-refractivity contribution in [1.29, 1.82) is 0 Å². The van der Waals surface area contributed by atoms with Crippen molar-refractivity contribution in [3.05, 3.63) is 60.6 Å². The number of carbonyl (C=O) groups excluding carboxylic acids is 2. The SMILES string of the molecule is O=C(Nc1ccccc1)C1CCCN(C(=O)/C=C/c2ccco2)C1. The summed E-state index contributed by atoms with van der Waals surface area (Å²) in [5, 5.41) is 2.92. The molecule has 2 amide bonds. The highest BCUT2D eigenvalue weighted by molar-refractivity contribution is 5.94. The molecule has 2 heterocycles. The van der Waals surface area contributed by atoms with Crippen LogP contribution in [0.4, 0.5) is 5.69 Å². The average Bonchev–Trinajstić information content (AvgIpc) is 3.14. The second-order valence-electron chi connectivity index (χ2n) is 5.83. The molecule has 1 aliphatic rings. The van der Waals surface area contributed by atoms with Gasteiger partial charge < -0.3 is 14.6 Å². The van der Waals surface area contributed by atoms with Crippen LogP contribution in [-0.4, -0.2) is 29.8 Å². The standard InChI is InChI=1S/C19H20N2O3/c22-18(11-10-17-9-5-13-24-17)21-12-4-6-15(14-21)19(23)20-16-7-2-1-3-8-16/h1-3,5,7-11,13,15H,4,6,12,14H2,(H,20,23)/b11-10+. The van der Waals surface area contributed by atoms with Gasteiger partial charge in [-0.3, -0.25) is 9.59 Å². The first-order chi connectivity index (χ1) is 11.7. The third-order valence-electron chi connectivity index (χ3n) is 4.08. The van der Waals surface area contributed by atoms with Gasteiger partial charge in [0.05, 0.1) is 12.2 Å². The quantitative estimate of drug-likeness (QED) is 0.879. The minimum atomic E-state index is -0.181. The number of nitrogens with zero attached hydrogens (tertiary/aromatic N) is 1. The first kappa shape index (κ1) is 16.1. The van der Waals surface area contributed by atoms with E-state index >= 15 is 0 Å². The van der Waals surface area contributed by atoms with E-state index in [-0.39, 0.29) is 17.7 Å². The van der Waals surface area contributed by atoms with Crippen LogP contribution in [0.3, 0.4) is 0 Å². The number of benzene rings is 1. The van der Waals surface area contributed by atoms with Gasteiger partial charge in [-0.25, -0.2) is 0 Å². The largest absolute Gasteiger partial charge is 0.465 e. The second kappa shape index (κ2) is 7.64. The lowest BCUT2D eigenvalue weighted by molar-refractivity contribution is -0.130. The number of nitrogens with one attached hydrogen (secondary N) is 1. The molecule has 1 N–H and O–H groups in total. The molecular formula is C19H20N2O3. The lowest BCUT2D eigenvalue weighted by Gasteiger charge is -2.31. The minimum absolute atomic E-state index is 0.0336. The van der Waals surface area contributed by atoms with E-state index < -0.39 is 0 Å². The topological polar surface area (TPSA) is 62.6 Å². The van der Waals surface area contributed by atoms with Crippen molar-refractivity contribution in [2.75, 3.05) is 18.4 Å². The smallest absolute Gasteiger partial charge is 0.246 e. The number of piperidine rings is 1. The highest BCUT2D eigenvalue weighted by Crippen LogP contribution is 2.19. The Morgan fingerprint density at radius 1 is 1.17 bits per heavy atom. The van der Waals surface area contributed by atoms with E-state index in [1.807, 2.05) is 30.3 Å². The summed E-state index contributed by atoms with van der Waals surface area (Å²) in [6, 6.07) is 12.9. The molecule has 5 nitrogen and oxygen atoms in total. The van der Waals surface area contributed by atoms with Gasteiger partial charge in [0.25, 0.3) is 0 Å². The van der Waals surface area contributed by atoms with E-state index in [4.69, 9.17) is 4.42 Å². The first-order valence-electron chi connectivity index (χ1n) is 8.09. The fourth-order valence-corrected chi connectivity index (χ4v) is 2.80. The molecule has 1 atom stereocenters. The maximum atomic E-state index is 12.4. The van der Waals surface area contributed by atoms with Crippen molar-refractivity contribution in [1.82, 2.24) is 4.90 Å². The van der Waals surface area contributed by atoms with E-state index in [9.17, 15) is 9.59 Å². The van der Waals surface area contributed by atoms with Crippen molar-refractivity contribution in [2.45, 2.75) is 12.8 Å². The molecule has 0 radical (unpaired) electrons. The Bertz CT molecular complexity index is 707. The van der Waals surface area contributed by atoms with Crippen LogP contribution in [0.2, 0.25) is 0 Å². The van der Waals surface area contributed by atoms with Crippen LogP contribution >= 0.6 is 0 Å². The van der Waals surface area contributed by atoms with Crippen LogP contribution in [0.5, 0.6) is 0 Å². The van der Waals surface area contributed by atoms with Crippen molar-refractivity contribution in [3.8, 4) is 0 Å². The molecule has 0 aliphatic carbocycles. The van der Waals surface area contributed by atoms with Crippen LogP contribution in [0.25, 0.3) is 6.08 Å². The summed E-state index contributed by atoms with van der Waals surface area (Å²) in [4.78, 5) is 26.4. The summed E-state index contributed by atoms with van der Waals surface area (Å²) in [5.41, 5.74) is 0.781. The predicted octanol–water partition coefficient (Wildman–Crippen LogP) is 3.17. The number of likely N-dealkylation sites (tertiary alicyclic amines) is 1. The molecule has 124 valence electrons. The Hall–Kier alpha value is -2.82. The van der Waals surface area contributed by atoms with E-state index in [0.717, 1.165) is 18.5 Å². The number of amides is 2. The summed E-state index contributed by atoms with van der Waals surface area (Å²) in [6.45, 7) is 1.12. The van der Waals surface area contributed by atoms with Crippen LogP contribution in [0.15, 0.2) is 59.2 Å². The summed E-state index contributed by atoms with van der Waals surface area (Å²) < 4.78 is 5.18. The molecule has 1 fully saturated rings. The van der Waals surface area contributed by atoms with Crippen LogP contribution in [0, 0.1) is 5.92 Å². The number of rotatable bonds is 4. The molecule has 5 heteroatoms. The lowest BCUT2D eigenvalue weighted by atomic mass is 9.97. The number of hydrogen-bond acceptors (Lipinski definition) is 3. The summed E-state index contributed by atoms with van der Waals surface area (Å²) in [5.74, 6) is 0.330. The summed E-state index contributed by atoms with van der Waals surface area (Å²) >= 11 is 0.